The number of hydrogen-bond acceptors (Lipinski definition) is 2. The molecule has 2 nitrogen and oxygen atoms in total. The molecule has 0 radical (unpaired) electrons. The summed E-state index contributed by atoms with van der Waals surface area (Å²) in [7, 11) is 0. The summed E-state index contributed by atoms with van der Waals surface area (Å²) in [5.74, 6) is 0. The van der Waals surface area contributed by atoms with Crippen LogP contribution in [0.2, 0.25) is 0 Å². The number of nitrogens with zero attached hydrogens (tertiary/aromatic N) is 1. The maximum atomic E-state index is 4.35. The fourth-order valence-electron chi connectivity index (χ4n) is 2.26. The van der Waals surface area contributed by atoms with Crippen LogP contribution in [-0.2, 0) is 0 Å². The average molecular weight is 252 g/mol. The SMILES string of the molecule is Cc1cc(C)c(/C=N/Nc2ccccc2C)c(C)c1. The first kappa shape index (κ1) is 13.3. The molecule has 0 bridgehead atoms. The molecule has 2 aromatic carbocycles. The van der Waals surface area contributed by atoms with Gasteiger partial charge in [0.2, 0.25) is 0 Å². The molecule has 0 aliphatic heterocycles. The Morgan fingerprint density at radius 2 is 1.53 bits per heavy atom. The van der Waals surface area contributed by atoms with E-state index in [2.05, 4.69) is 56.4 Å². The molecule has 0 saturated carbocycles. The first-order valence-corrected chi connectivity index (χ1v) is 6.50. The molecule has 19 heavy (non-hydrogen) atoms. The van der Waals surface area contributed by atoms with Crippen LogP contribution in [0.3, 0.4) is 0 Å². The lowest BCUT2D eigenvalue weighted by atomic mass is 10.0. The number of para-hydroxylation sites is 1. The largest absolute Gasteiger partial charge is 0.278 e. The lowest BCUT2D eigenvalue weighted by molar-refractivity contribution is 1.28. The Morgan fingerprint density at radius 1 is 0.895 bits per heavy atom. The van der Waals surface area contributed by atoms with Crippen molar-refractivity contribution in [1.82, 2.24) is 0 Å². The van der Waals surface area contributed by atoms with Gasteiger partial charge in [-0.1, -0.05) is 35.9 Å². The third-order valence-corrected chi connectivity index (χ3v) is 3.26. The molecule has 0 aliphatic rings. The van der Waals surface area contributed by atoms with E-state index in [4.69, 9.17) is 0 Å². The maximum absolute atomic E-state index is 4.35. The Bertz CT molecular complexity index is 589. The van der Waals surface area contributed by atoms with Crippen molar-refractivity contribution in [2.75, 3.05) is 5.43 Å². The van der Waals surface area contributed by atoms with E-state index >= 15 is 0 Å². The van der Waals surface area contributed by atoms with Crippen LogP contribution < -0.4 is 5.43 Å². The number of nitrogens with one attached hydrogen (secondary N) is 1. The van der Waals surface area contributed by atoms with E-state index in [-0.39, 0.29) is 0 Å². The topological polar surface area (TPSA) is 24.4 Å². The molecule has 0 saturated heterocycles. The Balaban J connectivity index is 2.18. The first-order chi connectivity index (χ1) is 9.08. The van der Waals surface area contributed by atoms with Gasteiger partial charge in [0.05, 0.1) is 11.9 Å². The van der Waals surface area contributed by atoms with Crippen LogP contribution in [0.4, 0.5) is 5.69 Å². The number of hydrazone groups is 1. The summed E-state index contributed by atoms with van der Waals surface area (Å²) in [6.45, 7) is 8.43. The maximum Gasteiger partial charge on any atom is 0.0590 e. The number of hydrogen-bond donors (Lipinski definition) is 1. The molecule has 2 aromatic rings. The van der Waals surface area contributed by atoms with Crippen LogP contribution in [-0.4, -0.2) is 6.21 Å². The number of anilines is 1. The minimum Gasteiger partial charge on any atom is -0.278 e. The van der Waals surface area contributed by atoms with Crippen molar-refractivity contribution in [2.24, 2.45) is 5.10 Å². The van der Waals surface area contributed by atoms with E-state index in [0.717, 1.165) is 5.69 Å². The van der Waals surface area contributed by atoms with Crippen molar-refractivity contribution in [3.8, 4) is 0 Å². The van der Waals surface area contributed by atoms with Crippen molar-refractivity contribution >= 4 is 11.9 Å². The molecule has 0 heterocycles. The molecule has 2 heteroatoms. The fourth-order valence-corrected chi connectivity index (χ4v) is 2.26. The lowest BCUT2D eigenvalue weighted by Gasteiger charge is -2.07. The van der Waals surface area contributed by atoms with Crippen molar-refractivity contribution in [2.45, 2.75) is 27.7 Å². The van der Waals surface area contributed by atoms with Crippen LogP contribution in [0.25, 0.3) is 0 Å². The number of benzene rings is 2. The van der Waals surface area contributed by atoms with E-state index < -0.39 is 0 Å². The summed E-state index contributed by atoms with van der Waals surface area (Å²) in [5.41, 5.74) is 10.3. The van der Waals surface area contributed by atoms with Gasteiger partial charge in [0.1, 0.15) is 0 Å². The molecular formula is C17H20N2. The predicted octanol–water partition coefficient (Wildman–Crippen LogP) is 4.37. The normalized spacial score (nSPS) is 10.9. The van der Waals surface area contributed by atoms with Crippen LogP contribution in [0.5, 0.6) is 0 Å². The third kappa shape index (κ3) is 3.22. The van der Waals surface area contributed by atoms with Gasteiger partial charge in [-0.2, -0.15) is 5.10 Å². The van der Waals surface area contributed by atoms with Gasteiger partial charge in [0, 0.05) is 5.56 Å². The predicted molar refractivity (Wildman–Crippen MR) is 83.0 cm³/mol. The summed E-state index contributed by atoms with van der Waals surface area (Å²) in [4.78, 5) is 0. The summed E-state index contributed by atoms with van der Waals surface area (Å²) in [6, 6.07) is 12.5. The fraction of sp³-hybridized carbons (Fsp3) is 0.235. The highest BCUT2D eigenvalue weighted by Gasteiger charge is 2.01. The highest BCUT2D eigenvalue weighted by Crippen LogP contribution is 2.15. The van der Waals surface area contributed by atoms with E-state index in [0.29, 0.717) is 0 Å². The van der Waals surface area contributed by atoms with Crippen LogP contribution in [0, 0.1) is 27.7 Å². The van der Waals surface area contributed by atoms with Crippen LogP contribution in [0.1, 0.15) is 27.8 Å². The zero-order valence-corrected chi connectivity index (χ0v) is 12.0. The van der Waals surface area contributed by atoms with E-state index in [1.807, 2.05) is 24.4 Å². The van der Waals surface area contributed by atoms with Gasteiger partial charge >= 0.3 is 0 Å². The second kappa shape index (κ2) is 5.70. The molecule has 0 aromatic heterocycles. The standard InChI is InChI=1S/C17H20N2/c1-12-9-14(3)16(15(4)10-12)11-18-19-17-8-6-5-7-13(17)2/h5-11,19H,1-4H3/b18-11+. The number of aryl methyl sites for hydroxylation is 4. The Labute approximate surface area is 115 Å². The molecule has 0 aliphatic carbocycles. The molecule has 0 spiro atoms. The van der Waals surface area contributed by atoms with E-state index in [1.165, 1.54) is 27.8 Å². The molecule has 0 atom stereocenters. The Morgan fingerprint density at radius 3 is 2.16 bits per heavy atom. The zero-order chi connectivity index (χ0) is 13.8. The molecular weight excluding hydrogens is 232 g/mol. The van der Waals surface area contributed by atoms with Gasteiger partial charge in [0.25, 0.3) is 0 Å². The smallest absolute Gasteiger partial charge is 0.0590 e. The quantitative estimate of drug-likeness (QED) is 0.636. The van der Waals surface area contributed by atoms with Crippen molar-refractivity contribution < 1.29 is 0 Å². The first-order valence-electron chi connectivity index (χ1n) is 6.50. The summed E-state index contributed by atoms with van der Waals surface area (Å²) >= 11 is 0. The highest BCUT2D eigenvalue weighted by molar-refractivity contribution is 5.84. The van der Waals surface area contributed by atoms with Gasteiger partial charge in [-0.15, -0.1) is 0 Å². The highest BCUT2D eigenvalue weighted by atomic mass is 15.3. The molecule has 0 amide bonds. The monoisotopic (exact) mass is 252 g/mol. The van der Waals surface area contributed by atoms with Gasteiger partial charge < -0.3 is 0 Å². The number of rotatable bonds is 3. The van der Waals surface area contributed by atoms with Gasteiger partial charge in [0.15, 0.2) is 0 Å². The summed E-state index contributed by atoms with van der Waals surface area (Å²) < 4.78 is 0. The second-order valence-corrected chi connectivity index (χ2v) is 5.00. The molecule has 0 unspecified atom stereocenters. The minimum atomic E-state index is 1.04. The summed E-state index contributed by atoms with van der Waals surface area (Å²) in [6.07, 6.45) is 1.90. The lowest BCUT2D eigenvalue weighted by Crippen LogP contribution is -1.97. The third-order valence-electron chi connectivity index (χ3n) is 3.26. The van der Waals surface area contributed by atoms with Crippen LogP contribution >= 0.6 is 0 Å². The zero-order valence-electron chi connectivity index (χ0n) is 12.0. The van der Waals surface area contributed by atoms with E-state index in [1.54, 1.807) is 0 Å². The van der Waals surface area contributed by atoms with Gasteiger partial charge in [-0.05, 0) is 50.5 Å². The minimum absolute atomic E-state index is 1.04. The Kier molecular flexibility index (Phi) is 4.00. The molecule has 2 rings (SSSR count). The van der Waals surface area contributed by atoms with Gasteiger partial charge in [-0.25, -0.2) is 0 Å². The summed E-state index contributed by atoms with van der Waals surface area (Å²) in [5, 5.41) is 4.35. The van der Waals surface area contributed by atoms with Crippen molar-refractivity contribution in [3.05, 3.63) is 64.2 Å². The average Bonchev–Trinajstić information content (AvgIpc) is 2.34. The van der Waals surface area contributed by atoms with Crippen molar-refractivity contribution in [1.29, 1.82) is 0 Å². The molecule has 98 valence electrons. The van der Waals surface area contributed by atoms with Crippen molar-refractivity contribution in [3.63, 3.8) is 0 Å². The Hall–Kier alpha value is -2.09. The second-order valence-electron chi connectivity index (χ2n) is 5.00. The van der Waals surface area contributed by atoms with E-state index in [9.17, 15) is 0 Å². The molecule has 0 fully saturated rings. The van der Waals surface area contributed by atoms with Gasteiger partial charge in [-0.3, -0.25) is 5.43 Å². The van der Waals surface area contributed by atoms with Crippen LogP contribution in [0.15, 0.2) is 41.5 Å². The molecule has 1 N–H and O–H groups in total.